The van der Waals surface area contributed by atoms with Crippen molar-refractivity contribution < 1.29 is 28.0 Å². The van der Waals surface area contributed by atoms with Crippen molar-refractivity contribution in [1.82, 2.24) is 5.32 Å². The number of amides is 1. The van der Waals surface area contributed by atoms with Crippen LogP contribution in [0.4, 0.5) is 0 Å². The van der Waals surface area contributed by atoms with E-state index in [0.29, 0.717) is 12.8 Å². The number of aliphatic hydroxyl groups excluding tert-OH is 2. The van der Waals surface area contributed by atoms with Crippen LogP contribution in [0.5, 0.6) is 0 Å². The smallest absolute Gasteiger partial charge is 0.267 e. The molecule has 0 aromatic heterocycles. The number of carbonyl (C=O) groups is 1. The van der Waals surface area contributed by atoms with Gasteiger partial charge in [0.2, 0.25) is 5.91 Å². The average Bonchev–Trinajstić information content (AvgIpc) is 3.15. The molecule has 3 unspecified atom stereocenters. The van der Waals surface area contributed by atoms with E-state index in [-0.39, 0.29) is 6.42 Å². The van der Waals surface area contributed by atoms with Gasteiger partial charge in [-0.2, -0.15) is 8.42 Å². The van der Waals surface area contributed by atoms with Crippen LogP contribution in [0.15, 0.2) is 36.5 Å². The van der Waals surface area contributed by atoms with Crippen LogP contribution in [0.2, 0.25) is 0 Å². The molecule has 55 heavy (non-hydrogen) atoms. The number of nitrogens with one attached hydrogen (secondary N) is 1. The highest BCUT2D eigenvalue weighted by atomic mass is 32.2. The normalized spacial score (nSPS) is 14.1. The monoisotopic (exact) mass is 796 g/mol. The van der Waals surface area contributed by atoms with Crippen molar-refractivity contribution in [2.75, 3.05) is 5.75 Å². The van der Waals surface area contributed by atoms with Gasteiger partial charge in [0.25, 0.3) is 10.1 Å². The fourth-order valence-corrected chi connectivity index (χ4v) is 7.79. The fraction of sp³-hybridized carbons (Fsp3) is 0.851. The lowest BCUT2D eigenvalue weighted by atomic mass is 10.0. The number of hydrogen-bond donors (Lipinski definition) is 4. The van der Waals surface area contributed by atoms with Gasteiger partial charge in [0, 0.05) is 0 Å². The van der Waals surface area contributed by atoms with Gasteiger partial charge in [0.1, 0.15) is 6.10 Å². The van der Waals surface area contributed by atoms with Crippen molar-refractivity contribution in [2.45, 2.75) is 250 Å². The SMILES string of the molecule is CCCCCCCCCCCC/C=C\CCCCCCCCC(O)C(=O)NC(CS(=O)(=O)O)C(O)/C=C/CC/C=C/CCCCCCCCCCCCCC. The number of hydrogen-bond acceptors (Lipinski definition) is 5. The Morgan fingerprint density at radius 3 is 1.20 bits per heavy atom. The third-order valence-corrected chi connectivity index (χ3v) is 11.4. The van der Waals surface area contributed by atoms with Crippen LogP contribution in [0, 0.1) is 0 Å². The van der Waals surface area contributed by atoms with E-state index in [1.807, 2.05) is 0 Å². The van der Waals surface area contributed by atoms with Gasteiger partial charge in [-0.3, -0.25) is 9.35 Å². The van der Waals surface area contributed by atoms with Crippen LogP contribution in [-0.2, 0) is 14.9 Å². The number of carbonyl (C=O) groups excluding carboxylic acids is 1. The Morgan fingerprint density at radius 1 is 0.491 bits per heavy atom. The molecule has 0 bridgehead atoms. The van der Waals surface area contributed by atoms with Crippen LogP contribution >= 0.6 is 0 Å². The summed E-state index contributed by atoms with van der Waals surface area (Å²) in [4.78, 5) is 12.6. The molecule has 0 fully saturated rings. The molecule has 0 spiro atoms. The van der Waals surface area contributed by atoms with Crippen LogP contribution in [-0.4, -0.2) is 53.1 Å². The lowest BCUT2D eigenvalue weighted by Crippen LogP contribution is -2.50. The van der Waals surface area contributed by atoms with E-state index in [9.17, 15) is 28.0 Å². The topological polar surface area (TPSA) is 124 Å². The minimum absolute atomic E-state index is 0.268. The lowest BCUT2D eigenvalue weighted by molar-refractivity contribution is -0.130. The molecule has 0 aliphatic carbocycles. The molecule has 7 nitrogen and oxygen atoms in total. The minimum Gasteiger partial charge on any atom is -0.387 e. The predicted octanol–water partition coefficient (Wildman–Crippen LogP) is 13.1. The highest BCUT2D eigenvalue weighted by Gasteiger charge is 2.27. The Labute approximate surface area is 340 Å². The summed E-state index contributed by atoms with van der Waals surface area (Å²) in [5.74, 6) is -1.56. The van der Waals surface area contributed by atoms with Gasteiger partial charge in [-0.25, -0.2) is 0 Å². The first-order chi connectivity index (χ1) is 26.7. The summed E-state index contributed by atoms with van der Waals surface area (Å²) in [6.45, 7) is 4.53. The van der Waals surface area contributed by atoms with E-state index < -0.39 is 40.0 Å². The summed E-state index contributed by atoms with van der Waals surface area (Å²) >= 11 is 0. The Hall–Kier alpha value is -1.48. The maximum absolute atomic E-state index is 12.6. The predicted molar refractivity (Wildman–Crippen MR) is 236 cm³/mol. The minimum atomic E-state index is -4.46. The molecule has 0 aromatic carbocycles. The molecule has 324 valence electrons. The van der Waals surface area contributed by atoms with Crippen molar-refractivity contribution in [1.29, 1.82) is 0 Å². The maximum Gasteiger partial charge on any atom is 0.267 e. The molecule has 1 amide bonds. The lowest BCUT2D eigenvalue weighted by Gasteiger charge is -2.22. The molecule has 0 heterocycles. The molecule has 0 aliphatic rings. The maximum atomic E-state index is 12.6. The number of aliphatic hydroxyl groups is 2. The molecule has 8 heteroatoms. The zero-order valence-electron chi connectivity index (χ0n) is 35.9. The third-order valence-electron chi connectivity index (χ3n) is 10.6. The summed E-state index contributed by atoms with van der Waals surface area (Å²) in [6, 6.07) is -1.25. The Bertz CT molecular complexity index is 1030. The Balaban J connectivity index is 4.00. The van der Waals surface area contributed by atoms with E-state index in [4.69, 9.17) is 0 Å². The Morgan fingerprint density at radius 2 is 0.818 bits per heavy atom. The number of allylic oxidation sites excluding steroid dienone is 5. The standard InChI is InChI=1S/C47H89NO6S/c1-3-5-7-9-11-13-15-17-19-21-23-24-26-28-30-32-34-36-38-40-42-46(50)47(51)48-44(43-55(52,53)54)45(49)41-39-37-35-33-31-29-27-25-22-20-18-16-14-12-10-8-6-4-2/h24,26,31,33,39,41,44-46,49-50H,3-23,25,27-30,32,34-38,40,42-43H2,1-2H3,(H,48,51)(H,52,53,54)/b26-24-,33-31+,41-39+. The van der Waals surface area contributed by atoms with Crippen LogP contribution in [0.1, 0.15) is 232 Å². The van der Waals surface area contributed by atoms with Crippen molar-refractivity contribution in [3.05, 3.63) is 36.5 Å². The summed E-state index contributed by atoms with van der Waals surface area (Å²) in [7, 11) is -4.46. The first-order valence-electron chi connectivity index (χ1n) is 23.3. The van der Waals surface area contributed by atoms with Gasteiger partial charge in [-0.1, -0.05) is 211 Å². The van der Waals surface area contributed by atoms with Gasteiger partial charge in [0.05, 0.1) is 17.9 Å². The van der Waals surface area contributed by atoms with E-state index in [2.05, 4.69) is 43.5 Å². The highest BCUT2D eigenvalue weighted by molar-refractivity contribution is 7.85. The molecule has 3 atom stereocenters. The highest BCUT2D eigenvalue weighted by Crippen LogP contribution is 2.15. The molecule has 0 saturated carbocycles. The van der Waals surface area contributed by atoms with Crippen LogP contribution in [0.25, 0.3) is 0 Å². The largest absolute Gasteiger partial charge is 0.387 e. The average molecular weight is 796 g/mol. The van der Waals surface area contributed by atoms with Gasteiger partial charge < -0.3 is 15.5 Å². The van der Waals surface area contributed by atoms with Gasteiger partial charge in [-0.05, 0) is 57.8 Å². The molecule has 0 rings (SSSR count). The molecular weight excluding hydrogens is 707 g/mol. The van der Waals surface area contributed by atoms with Crippen LogP contribution in [0.3, 0.4) is 0 Å². The molecule has 0 radical (unpaired) electrons. The second kappa shape index (κ2) is 40.7. The van der Waals surface area contributed by atoms with E-state index in [0.717, 1.165) is 38.5 Å². The first-order valence-corrected chi connectivity index (χ1v) is 24.9. The van der Waals surface area contributed by atoms with Crippen molar-refractivity contribution in [2.24, 2.45) is 0 Å². The second-order valence-corrected chi connectivity index (χ2v) is 17.7. The number of unbranched alkanes of at least 4 members (excludes halogenated alkanes) is 29. The van der Waals surface area contributed by atoms with Gasteiger partial charge in [0.15, 0.2) is 0 Å². The van der Waals surface area contributed by atoms with E-state index in [1.165, 1.54) is 167 Å². The zero-order chi connectivity index (χ0) is 40.5. The summed E-state index contributed by atoms with van der Waals surface area (Å²) in [6.07, 6.45) is 50.6. The molecular formula is C47H89NO6S. The quantitative estimate of drug-likeness (QED) is 0.0277. The number of rotatable bonds is 42. The van der Waals surface area contributed by atoms with E-state index >= 15 is 0 Å². The fourth-order valence-electron chi connectivity index (χ4n) is 7.06. The molecule has 0 saturated heterocycles. The molecule has 0 aliphatic heterocycles. The van der Waals surface area contributed by atoms with Crippen molar-refractivity contribution in [3.8, 4) is 0 Å². The Kier molecular flexibility index (Phi) is 39.6. The first kappa shape index (κ1) is 53.5. The van der Waals surface area contributed by atoms with Crippen LogP contribution < -0.4 is 5.32 Å². The van der Waals surface area contributed by atoms with Gasteiger partial charge >= 0.3 is 0 Å². The third kappa shape index (κ3) is 40.5. The summed E-state index contributed by atoms with van der Waals surface area (Å²) < 4.78 is 32.6. The second-order valence-electron chi connectivity index (χ2n) is 16.2. The van der Waals surface area contributed by atoms with E-state index in [1.54, 1.807) is 6.08 Å². The zero-order valence-corrected chi connectivity index (χ0v) is 36.7. The van der Waals surface area contributed by atoms with Crippen molar-refractivity contribution >= 4 is 16.0 Å². The molecule has 0 aromatic rings. The molecule has 4 N–H and O–H groups in total. The summed E-state index contributed by atoms with van der Waals surface area (Å²) in [5, 5.41) is 23.5. The summed E-state index contributed by atoms with van der Waals surface area (Å²) in [5.41, 5.74) is 0. The van der Waals surface area contributed by atoms with Crippen molar-refractivity contribution in [3.63, 3.8) is 0 Å². The van der Waals surface area contributed by atoms with Gasteiger partial charge in [-0.15, -0.1) is 0 Å².